The van der Waals surface area contributed by atoms with Crippen LogP contribution in [0.25, 0.3) is 0 Å². The Labute approximate surface area is 41.4 Å². The minimum Gasteiger partial charge on any atom is -0.212 e. The fourth-order valence-corrected chi connectivity index (χ4v) is 0.177. The van der Waals surface area contributed by atoms with E-state index in [0.29, 0.717) is 11.3 Å². The van der Waals surface area contributed by atoms with Crippen LogP contribution in [0.1, 0.15) is 20.3 Å². The van der Waals surface area contributed by atoms with E-state index >= 15 is 0 Å². The van der Waals surface area contributed by atoms with E-state index in [1.54, 1.807) is 0 Å². The molecule has 0 radical (unpaired) electrons. The number of hydrogen-bond donors (Lipinski definition) is 0. The summed E-state index contributed by atoms with van der Waals surface area (Å²) in [5.74, 6) is 0. The Morgan fingerprint density at radius 3 is 2.33 bits per heavy atom. The molecule has 0 aromatic rings. The molecule has 0 rings (SSSR count). The van der Waals surface area contributed by atoms with E-state index in [1.807, 2.05) is 13.8 Å². The normalized spacial score (nSPS) is 7.67. The molecular weight excluding hydrogens is 96.1 g/mol. The molecule has 0 heterocycles. The van der Waals surface area contributed by atoms with Gasteiger partial charge in [-0.05, 0) is 13.3 Å². The van der Waals surface area contributed by atoms with Crippen molar-refractivity contribution < 1.29 is 4.21 Å². The molecule has 0 saturated heterocycles. The van der Waals surface area contributed by atoms with E-state index in [0.717, 1.165) is 11.3 Å². The average Bonchev–Trinajstić information content (AvgIpc) is 1.65. The van der Waals surface area contributed by atoms with E-state index < -0.39 is 0 Å². The molecule has 0 aliphatic heterocycles. The van der Waals surface area contributed by atoms with Gasteiger partial charge in [-0.3, -0.25) is 0 Å². The zero-order valence-electron chi connectivity index (χ0n) is 4.02. The summed E-state index contributed by atoms with van der Waals surface area (Å²) in [6.45, 7) is 3.82. The lowest BCUT2D eigenvalue weighted by molar-refractivity contribution is 0.700. The molecule has 36 valence electrons. The van der Waals surface area contributed by atoms with Crippen LogP contribution in [0.15, 0.2) is 0 Å². The summed E-state index contributed by atoms with van der Waals surface area (Å²) < 4.78 is 9.74. The molecule has 0 N–H and O–H groups in total. The smallest absolute Gasteiger partial charge is 0.0872 e. The molecule has 0 aromatic carbocycles. The fraction of sp³-hybridized carbons (Fsp3) is 0.750. The maximum Gasteiger partial charge on any atom is 0.0872 e. The minimum atomic E-state index is 0.591. The van der Waals surface area contributed by atoms with Gasteiger partial charge in [0.2, 0.25) is 0 Å². The lowest BCUT2D eigenvalue weighted by atomic mass is 10.4. The third-order valence-electron chi connectivity index (χ3n) is 0.640. The standard InChI is InChI=1S/C4H8OS/c1-3-4(2)6-5/h3H2,1-2H3. The summed E-state index contributed by atoms with van der Waals surface area (Å²) in [7, 11) is 0. The van der Waals surface area contributed by atoms with Crippen LogP contribution in [0.3, 0.4) is 0 Å². The SMILES string of the molecule is CCC(C)=S=O. The van der Waals surface area contributed by atoms with Crippen molar-refractivity contribution in [3.05, 3.63) is 0 Å². The second kappa shape index (κ2) is 3.09. The Morgan fingerprint density at radius 1 is 1.83 bits per heavy atom. The topological polar surface area (TPSA) is 17.1 Å². The Morgan fingerprint density at radius 2 is 2.33 bits per heavy atom. The maximum absolute atomic E-state index is 9.74. The van der Waals surface area contributed by atoms with Gasteiger partial charge in [-0.15, -0.1) is 0 Å². The third-order valence-corrected chi connectivity index (χ3v) is 1.21. The van der Waals surface area contributed by atoms with E-state index in [1.165, 1.54) is 0 Å². The van der Waals surface area contributed by atoms with Gasteiger partial charge in [-0.1, -0.05) is 6.92 Å². The van der Waals surface area contributed by atoms with E-state index in [9.17, 15) is 4.21 Å². The van der Waals surface area contributed by atoms with Gasteiger partial charge in [0.15, 0.2) is 0 Å². The first-order chi connectivity index (χ1) is 2.81. The van der Waals surface area contributed by atoms with Crippen molar-refractivity contribution in [1.29, 1.82) is 0 Å². The predicted molar refractivity (Wildman–Crippen MR) is 29.1 cm³/mol. The molecule has 0 aliphatic rings. The van der Waals surface area contributed by atoms with E-state index in [4.69, 9.17) is 0 Å². The molecule has 0 spiro atoms. The molecule has 0 amide bonds. The highest BCUT2D eigenvalue weighted by molar-refractivity contribution is 7.66. The molecule has 0 aromatic heterocycles. The van der Waals surface area contributed by atoms with Crippen LogP contribution in [-0.4, -0.2) is 9.07 Å². The maximum atomic E-state index is 9.74. The highest BCUT2D eigenvalue weighted by Gasteiger charge is 1.75. The Balaban J connectivity index is 3.52. The highest BCUT2D eigenvalue weighted by atomic mass is 32.1. The van der Waals surface area contributed by atoms with Crippen LogP contribution in [0.4, 0.5) is 0 Å². The summed E-state index contributed by atoms with van der Waals surface area (Å²) >= 11 is 0.591. The van der Waals surface area contributed by atoms with Crippen LogP contribution < -0.4 is 0 Å². The Kier molecular flexibility index (Phi) is 3.04. The van der Waals surface area contributed by atoms with Crippen molar-refractivity contribution in [2.24, 2.45) is 0 Å². The lowest BCUT2D eigenvalue weighted by Crippen LogP contribution is -1.82. The molecule has 0 bridgehead atoms. The zero-order valence-corrected chi connectivity index (χ0v) is 4.84. The Bertz CT molecular complexity index is 81.5. The van der Waals surface area contributed by atoms with Gasteiger partial charge < -0.3 is 0 Å². The van der Waals surface area contributed by atoms with Crippen LogP contribution in [0, 0.1) is 0 Å². The van der Waals surface area contributed by atoms with E-state index in [-0.39, 0.29) is 0 Å². The molecule has 0 fully saturated rings. The van der Waals surface area contributed by atoms with Gasteiger partial charge in [0.25, 0.3) is 0 Å². The van der Waals surface area contributed by atoms with Crippen LogP contribution in [-0.2, 0) is 11.3 Å². The summed E-state index contributed by atoms with van der Waals surface area (Å²) in [4.78, 5) is 0.954. The molecule has 6 heavy (non-hydrogen) atoms. The van der Waals surface area contributed by atoms with Gasteiger partial charge in [0.1, 0.15) is 0 Å². The fourth-order valence-electron chi connectivity index (χ4n) is 0.0589. The van der Waals surface area contributed by atoms with Gasteiger partial charge in [0, 0.05) is 4.86 Å². The van der Waals surface area contributed by atoms with Gasteiger partial charge >= 0.3 is 0 Å². The molecule has 1 nitrogen and oxygen atoms in total. The van der Waals surface area contributed by atoms with Crippen molar-refractivity contribution in [3.63, 3.8) is 0 Å². The average molecular weight is 104 g/mol. The van der Waals surface area contributed by atoms with Crippen LogP contribution >= 0.6 is 0 Å². The molecule has 0 unspecified atom stereocenters. The molecule has 0 saturated carbocycles. The molecule has 2 heteroatoms. The summed E-state index contributed by atoms with van der Waals surface area (Å²) in [6, 6.07) is 0. The number of rotatable bonds is 1. The predicted octanol–water partition coefficient (Wildman–Crippen LogP) is 0.802. The lowest BCUT2D eigenvalue weighted by Gasteiger charge is -1.76. The first-order valence-corrected chi connectivity index (χ1v) is 2.67. The van der Waals surface area contributed by atoms with Crippen LogP contribution in [0.2, 0.25) is 0 Å². The summed E-state index contributed by atoms with van der Waals surface area (Å²) in [6.07, 6.45) is 0.897. The van der Waals surface area contributed by atoms with E-state index in [2.05, 4.69) is 0 Å². The minimum absolute atomic E-state index is 0.591. The van der Waals surface area contributed by atoms with Crippen molar-refractivity contribution >= 4 is 16.1 Å². The van der Waals surface area contributed by atoms with Crippen molar-refractivity contribution in [3.8, 4) is 0 Å². The highest BCUT2D eigenvalue weighted by Crippen LogP contribution is 1.73. The number of hydrogen-bond acceptors (Lipinski definition) is 1. The second-order valence-corrected chi connectivity index (χ2v) is 2.00. The van der Waals surface area contributed by atoms with Crippen LogP contribution in [0.5, 0.6) is 0 Å². The molecule has 0 aliphatic carbocycles. The quantitative estimate of drug-likeness (QED) is 0.450. The zero-order chi connectivity index (χ0) is 4.99. The van der Waals surface area contributed by atoms with Gasteiger partial charge in [-0.25, -0.2) is 4.21 Å². The van der Waals surface area contributed by atoms with Crippen molar-refractivity contribution in [1.82, 2.24) is 0 Å². The monoisotopic (exact) mass is 104 g/mol. The first kappa shape index (κ1) is 5.89. The first-order valence-electron chi connectivity index (χ1n) is 1.93. The third kappa shape index (κ3) is 2.15. The van der Waals surface area contributed by atoms with Crippen molar-refractivity contribution in [2.75, 3.05) is 0 Å². The second-order valence-electron chi connectivity index (χ2n) is 1.14. The van der Waals surface area contributed by atoms with Gasteiger partial charge in [-0.2, -0.15) is 0 Å². The largest absolute Gasteiger partial charge is 0.212 e. The summed E-state index contributed by atoms with van der Waals surface area (Å²) in [5, 5.41) is 0. The molecular formula is C4H8OS. The Hall–Kier alpha value is -0.110. The van der Waals surface area contributed by atoms with Crippen molar-refractivity contribution in [2.45, 2.75) is 20.3 Å². The summed E-state index contributed by atoms with van der Waals surface area (Å²) in [5.41, 5.74) is 0. The molecule has 0 atom stereocenters. The van der Waals surface area contributed by atoms with Gasteiger partial charge in [0.05, 0.1) is 11.3 Å².